The summed E-state index contributed by atoms with van der Waals surface area (Å²) in [5.41, 5.74) is -0.511. The fraction of sp³-hybridized carbons (Fsp3) is 0.562. The number of ether oxygens (including phenoxy) is 1. The first-order valence-electron chi connectivity index (χ1n) is 7.24. The predicted molar refractivity (Wildman–Crippen MR) is 85.1 cm³/mol. The van der Waals surface area contributed by atoms with Gasteiger partial charge in [-0.1, -0.05) is 22.0 Å². The van der Waals surface area contributed by atoms with E-state index in [4.69, 9.17) is 9.15 Å². The number of halogens is 1. The molecule has 4 nitrogen and oxygen atoms in total. The maximum absolute atomic E-state index is 12.5. The SMILES string of the molecule is CC(C)(C)OC(=O)N(Cc1ccco1)[C@@H]1CCCC=C1Br. The minimum absolute atomic E-state index is 0.0127. The van der Waals surface area contributed by atoms with Crippen LogP contribution in [0, 0.1) is 0 Å². The lowest BCUT2D eigenvalue weighted by Crippen LogP contribution is -2.43. The average molecular weight is 356 g/mol. The molecule has 0 spiro atoms. The van der Waals surface area contributed by atoms with Crippen molar-refractivity contribution in [3.8, 4) is 0 Å². The van der Waals surface area contributed by atoms with Crippen molar-refractivity contribution in [2.75, 3.05) is 0 Å². The van der Waals surface area contributed by atoms with E-state index in [1.807, 2.05) is 32.9 Å². The molecule has 5 heteroatoms. The first kappa shape index (κ1) is 16.1. The summed E-state index contributed by atoms with van der Waals surface area (Å²) in [5, 5.41) is 0. The molecule has 1 amide bonds. The Morgan fingerprint density at radius 3 is 2.86 bits per heavy atom. The van der Waals surface area contributed by atoms with Crippen LogP contribution in [0.4, 0.5) is 4.79 Å². The molecule has 0 saturated carbocycles. The Balaban J connectivity index is 2.19. The molecule has 0 unspecified atom stereocenters. The number of carbonyl (C=O) groups excluding carboxylic acids is 1. The number of rotatable bonds is 3. The molecule has 1 aliphatic carbocycles. The van der Waals surface area contributed by atoms with Gasteiger partial charge < -0.3 is 9.15 Å². The summed E-state index contributed by atoms with van der Waals surface area (Å²) < 4.78 is 12.0. The van der Waals surface area contributed by atoms with Crippen LogP contribution in [0.25, 0.3) is 0 Å². The van der Waals surface area contributed by atoms with Gasteiger partial charge in [0.15, 0.2) is 0 Å². The third kappa shape index (κ3) is 4.63. The molecule has 0 saturated heterocycles. The Kier molecular flexibility index (Phi) is 5.14. The lowest BCUT2D eigenvalue weighted by atomic mass is 10.0. The summed E-state index contributed by atoms with van der Waals surface area (Å²) >= 11 is 3.59. The van der Waals surface area contributed by atoms with E-state index in [9.17, 15) is 4.79 Å². The Hall–Kier alpha value is -1.23. The molecule has 0 N–H and O–H groups in total. The Morgan fingerprint density at radius 1 is 1.52 bits per heavy atom. The molecular formula is C16H22BrNO3. The van der Waals surface area contributed by atoms with Crippen molar-refractivity contribution in [2.45, 2.75) is 58.2 Å². The molecule has 116 valence electrons. The van der Waals surface area contributed by atoms with Gasteiger partial charge in [0.25, 0.3) is 0 Å². The number of allylic oxidation sites excluding steroid dienone is 1. The van der Waals surface area contributed by atoms with E-state index in [1.54, 1.807) is 11.2 Å². The van der Waals surface area contributed by atoms with Gasteiger partial charge in [-0.3, -0.25) is 4.90 Å². The maximum Gasteiger partial charge on any atom is 0.411 e. The first-order valence-corrected chi connectivity index (χ1v) is 8.03. The van der Waals surface area contributed by atoms with Crippen LogP contribution >= 0.6 is 15.9 Å². The highest BCUT2D eigenvalue weighted by molar-refractivity contribution is 9.11. The number of carbonyl (C=O) groups is 1. The highest BCUT2D eigenvalue weighted by atomic mass is 79.9. The summed E-state index contributed by atoms with van der Waals surface area (Å²) in [6.45, 7) is 6.04. The maximum atomic E-state index is 12.5. The van der Waals surface area contributed by atoms with Gasteiger partial charge in [-0.2, -0.15) is 0 Å². The number of furan rings is 1. The van der Waals surface area contributed by atoms with Crippen molar-refractivity contribution < 1.29 is 13.9 Å². The number of hydrogen-bond donors (Lipinski definition) is 0. The van der Waals surface area contributed by atoms with E-state index in [2.05, 4.69) is 22.0 Å². The molecule has 21 heavy (non-hydrogen) atoms. The normalized spacial score (nSPS) is 19.0. The highest BCUT2D eigenvalue weighted by Gasteiger charge is 2.31. The average Bonchev–Trinajstić information content (AvgIpc) is 2.88. The molecule has 1 heterocycles. The second kappa shape index (κ2) is 6.69. The van der Waals surface area contributed by atoms with Gasteiger partial charge in [0.2, 0.25) is 0 Å². The molecule has 0 bridgehead atoms. The quantitative estimate of drug-likeness (QED) is 0.778. The van der Waals surface area contributed by atoms with Crippen LogP contribution in [0.2, 0.25) is 0 Å². The van der Waals surface area contributed by atoms with Gasteiger partial charge in [0.1, 0.15) is 11.4 Å². The molecule has 0 fully saturated rings. The standard InChI is InChI=1S/C16H22BrNO3/c1-16(2,3)21-15(19)18(11-12-7-6-10-20-12)14-9-5-4-8-13(14)17/h6-8,10,14H,4-5,9,11H2,1-3H3/t14-/m1/s1. The fourth-order valence-electron chi connectivity index (χ4n) is 2.32. The van der Waals surface area contributed by atoms with Gasteiger partial charge in [0.05, 0.1) is 18.8 Å². The lowest BCUT2D eigenvalue weighted by molar-refractivity contribution is 0.0152. The van der Waals surface area contributed by atoms with E-state index in [1.165, 1.54) is 0 Å². The Bertz CT molecular complexity index is 502. The van der Waals surface area contributed by atoms with Crippen LogP contribution in [0.5, 0.6) is 0 Å². The molecule has 0 aliphatic heterocycles. The fourth-order valence-corrected chi connectivity index (χ4v) is 3.03. The van der Waals surface area contributed by atoms with Crippen LogP contribution in [0.1, 0.15) is 45.8 Å². The molecule has 2 rings (SSSR count). The van der Waals surface area contributed by atoms with Crippen molar-refractivity contribution >= 4 is 22.0 Å². The van der Waals surface area contributed by atoms with E-state index in [0.29, 0.717) is 6.54 Å². The van der Waals surface area contributed by atoms with E-state index >= 15 is 0 Å². The van der Waals surface area contributed by atoms with Crippen molar-refractivity contribution in [2.24, 2.45) is 0 Å². The van der Waals surface area contributed by atoms with Crippen molar-refractivity contribution in [3.63, 3.8) is 0 Å². The molecular weight excluding hydrogens is 334 g/mol. The molecule has 0 radical (unpaired) electrons. The van der Waals surface area contributed by atoms with Crippen molar-refractivity contribution in [1.29, 1.82) is 0 Å². The summed E-state index contributed by atoms with van der Waals surface area (Å²) in [7, 11) is 0. The molecule has 0 aromatic carbocycles. The molecule has 1 atom stereocenters. The van der Waals surface area contributed by atoms with Gasteiger partial charge in [-0.25, -0.2) is 4.79 Å². The number of amides is 1. The molecule has 1 aromatic rings. The third-order valence-electron chi connectivity index (χ3n) is 3.25. The lowest BCUT2D eigenvalue weighted by Gasteiger charge is -2.34. The van der Waals surface area contributed by atoms with Crippen molar-refractivity contribution in [3.05, 3.63) is 34.7 Å². The predicted octanol–water partition coefficient (Wildman–Crippen LogP) is 4.85. The Morgan fingerprint density at radius 2 is 2.29 bits per heavy atom. The summed E-state index contributed by atoms with van der Waals surface area (Å²) in [5.74, 6) is 0.756. The topological polar surface area (TPSA) is 42.7 Å². The zero-order valence-electron chi connectivity index (χ0n) is 12.8. The summed E-state index contributed by atoms with van der Waals surface area (Å²) in [6, 6.07) is 3.71. The van der Waals surface area contributed by atoms with Gasteiger partial charge in [-0.05, 0) is 52.2 Å². The van der Waals surface area contributed by atoms with Gasteiger partial charge >= 0.3 is 6.09 Å². The second-order valence-electron chi connectivity index (χ2n) is 6.22. The smallest absolute Gasteiger partial charge is 0.411 e. The molecule has 1 aliphatic rings. The second-order valence-corrected chi connectivity index (χ2v) is 7.14. The number of nitrogens with zero attached hydrogens (tertiary/aromatic N) is 1. The largest absolute Gasteiger partial charge is 0.467 e. The zero-order valence-corrected chi connectivity index (χ0v) is 14.4. The van der Waals surface area contributed by atoms with Crippen LogP contribution in [0.3, 0.4) is 0 Å². The van der Waals surface area contributed by atoms with Crippen LogP contribution < -0.4 is 0 Å². The summed E-state index contributed by atoms with van der Waals surface area (Å²) in [4.78, 5) is 14.3. The van der Waals surface area contributed by atoms with Gasteiger partial charge in [0, 0.05) is 4.48 Å². The van der Waals surface area contributed by atoms with Crippen LogP contribution in [0.15, 0.2) is 33.4 Å². The van der Waals surface area contributed by atoms with Crippen molar-refractivity contribution in [1.82, 2.24) is 4.90 Å². The minimum Gasteiger partial charge on any atom is -0.467 e. The van der Waals surface area contributed by atoms with E-state index < -0.39 is 5.60 Å². The van der Waals surface area contributed by atoms with Crippen LogP contribution in [-0.4, -0.2) is 22.6 Å². The summed E-state index contributed by atoms with van der Waals surface area (Å²) in [6.07, 6.45) is 6.48. The third-order valence-corrected chi connectivity index (χ3v) is 4.10. The van der Waals surface area contributed by atoms with E-state index in [0.717, 1.165) is 29.5 Å². The zero-order chi connectivity index (χ0) is 15.5. The number of hydrogen-bond acceptors (Lipinski definition) is 3. The molecule has 1 aromatic heterocycles. The Labute approximate surface area is 134 Å². The first-order chi connectivity index (χ1) is 9.87. The van der Waals surface area contributed by atoms with Gasteiger partial charge in [-0.15, -0.1) is 0 Å². The van der Waals surface area contributed by atoms with Crippen LogP contribution in [-0.2, 0) is 11.3 Å². The van der Waals surface area contributed by atoms with E-state index in [-0.39, 0.29) is 12.1 Å². The highest BCUT2D eigenvalue weighted by Crippen LogP contribution is 2.30. The monoisotopic (exact) mass is 355 g/mol. The minimum atomic E-state index is -0.511.